The Labute approximate surface area is 238 Å². The normalized spacial score (nSPS) is 20.1. The van der Waals surface area contributed by atoms with Crippen LogP contribution in [0, 0.1) is 6.57 Å². The van der Waals surface area contributed by atoms with Gasteiger partial charge in [-0.3, -0.25) is 24.5 Å². The summed E-state index contributed by atoms with van der Waals surface area (Å²) in [4.78, 5) is 56.9. The number of hydrogen-bond acceptors (Lipinski definition) is 5. The number of rotatable bonds is 8. The van der Waals surface area contributed by atoms with Crippen molar-refractivity contribution < 1.29 is 23.9 Å². The van der Waals surface area contributed by atoms with Crippen LogP contribution in [0.4, 0.5) is 0 Å². The lowest BCUT2D eigenvalue weighted by Crippen LogP contribution is -2.52. The Bertz CT molecular complexity index is 1380. The Kier molecular flexibility index (Phi) is 8.08. The van der Waals surface area contributed by atoms with Gasteiger partial charge in [-0.05, 0) is 43.5 Å². The number of halogens is 1. The van der Waals surface area contributed by atoms with E-state index >= 15 is 0 Å². The van der Waals surface area contributed by atoms with Gasteiger partial charge in [0.25, 0.3) is 11.4 Å². The van der Waals surface area contributed by atoms with Gasteiger partial charge in [-0.1, -0.05) is 29.8 Å². The van der Waals surface area contributed by atoms with Crippen molar-refractivity contribution in [2.45, 2.75) is 63.1 Å². The van der Waals surface area contributed by atoms with Gasteiger partial charge in [-0.15, -0.1) is 0 Å². The molecule has 0 bridgehead atoms. The van der Waals surface area contributed by atoms with Crippen LogP contribution < -0.4 is 10.1 Å². The van der Waals surface area contributed by atoms with E-state index < -0.39 is 17.5 Å². The van der Waals surface area contributed by atoms with Crippen LogP contribution in [0.2, 0.25) is 5.02 Å². The van der Waals surface area contributed by atoms with E-state index in [9.17, 15) is 19.2 Å². The number of ether oxygens (including phenoxy) is 1. The number of carbonyl (C=O) groups is 4. The third-order valence-corrected chi connectivity index (χ3v) is 8.34. The number of nitrogens with one attached hydrogen (secondary N) is 1. The molecular weight excluding hydrogens is 532 g/mol. The average molecular weight is 563 g/mol. The van der Waals surface area contributed by atoms with E-state index in [2.05, 4.69) is 10.2 Å². The number of carbonyl (C=O) groups excluding carboxylic acids is 4. The Morgan fingerprint density at radius 3 is 2.62 bits per heavy atom. The summed E-state index contributed by atoms with van der Waals surface area (Å²) >= 11 is 6.15. The van der Waals surface area contributed by atoms with Crippen molar-refractivity contribution >= 4 is 35.2 Å². The van der Waals surface area contributed by atoms with E-state index in [-0.39, 0.29) is 30.7 Å². The van der Waals surface area contributed by atoms with Crippen LogP contribution >= 0.6 is 11.6 Å². The molecule has 5 rings (SSSR count). The smallest absolute Gasteiger partial charge is 0.261 e. The molecule has 4 amide bonds. The highest BCUT2D eigenvalue weighted by atomic mass is 35.5. The standard InChI is InChI=1S/C30H31ClN4O5/c1-32-30(20-6-4-7-21(31)18-20)13-15-34(16-14-30)27(37)10-2-3-17-40-25-9-5-8-22-23(25)19-35(29(22)39)24-11-12-26(36)33-28(24)38/h4-9,18,24H,2-3,10-17,19H2,(H,33,36,38). The van der Waals surface area contributed by atoms with Gasteiger partial charge in [0.2, 0.25) is 17.7 Å². The first-order chi connectivity index (χ1) is 19.3. The summed E-state index contributed by atoms with van der Waals surface area (Å²) in [7, 11) is 0. The van der Waals surface area contributed by atoms with Crippen molar-refractivity contribution in [1.29, 1.82) is 0 Å². The molecule has 1 N–H and O–H groups in total. The number of fused-ring (bicyclic) bond motifs is 1. The Balaban J connectivity index is 1.08. The van der Waals surface area contributed by atoms with Gasteiger partial charge >= 0.3 is 0 Å². The quantitative estimate of drug-likeness (QED) is 0.297. The lowest BCUT2D eigenvalue weighted by atomic mass is 9.81. The molecule has 208 valence electrons. The zero-order valence-corrected chi connectivity index (χ0v) is 22.9. The largest absolute Gasteiger partial charge is 0.493 e. The van der Waals surface area contributed by atoms with Gasteiger partial charge in [0.05, 0.1) is 13.2 Å². The third-order valence-electron chi connectivity index (χ3n) is 8.10. The first-order valence-corrected chi connectivity index (χ1v) is 14.0. The van der Waals surface area contributed by atoms with Crippen molar-refractivity contribution in [3.63, 3.8) is 0 Å². The van der Waals surface area contributed by atoms with Gasteiger partial charge < -0.3 is 19.4 Å². The van der Waals surface area contributed by atoms with E-state index in [1.807, 2.05) is 29.2 Å². The molecule has 1 atom stereocenters. The number of likely N-dealkylation sites (tertiary alicyclic amines) is 1. The molecule has 2 aromatic carbocycles. The molecule has 2 saturated heterocycles. The van der Waals surface area contributed by atoms with Gasteiger partial charge in [-0.25, -0.2) is 6.57 Å². The van der Waals surface area contributed by atoms with Crippen molar-refractivity contribution in [2.24, 2.45) is 0 Å². The summed E-state index contributed by atoms with van der Waals surface area (Å²) in [6, 6.07) is 12.1. The summed E-state index contributed by atoms with van der Waals surface area (Å²) in [5.74, 6) is -0.320. The molecule has 2 fully saturated rings. The van der Waals surface area contributed by atoms with Gasteiger partial charge in [-0.2, -0.15) is 0 Å². The van der Waals surface area contributed by atoms with Gasteiger partial charge in [0, 0.05) is 60.5 Å². The second-order valence-electron chi connectivity index (χ2n) is 10.5. The first kappa shape index (κ1) is 27.7. The number of amides is 4. The Hall–Kier alpha value is -3.90. The molecule has 3 aliphatic rings. The lowest BCUT2D eigenvalue weighted by molar-refractivity contribution is -0.137. The van der Waals surface area contributed by atoms with E-state index in [1.165, 1.54) is 4.90 Å². The van der Waals surface area contributed by atoms with E-state index in [1.54, 1.807) is 18.2 Å². The summed E-state index contributed by atoms with van der Waals surface area (Å²) in [6.45, 7) is 9.53. The van der Waals surface area contributed by atoms with Crippen molar-refractivity contribution in [2.75, 3.05) is 19.7 Å². The zero-order valence-electron chi connectivity index (χ0n) is 22.2. The highest BCUT2D eigenvalue weighted by Crippen LogP contribution is 2.38. The molecule has 0 saturated carbocycles. The van der Waals surface area contributed by atoms with Crippen molar-refractivity contribution in [3.05, 3.63) is 75.6 Å². The zero-order chi connectivity index (χ0) is 28.3. The van der Waals surface area contributed by atoms with E-state index in [4.69, 9.17) is 22.9 Å². The van der Waals surface area contributed by atoms with Crippen LogP contribution in [0.1, 0.15) is 66.4 Å². The second kappa shape index (κ2) is 11.7. The summed E-state index contributed by atoms with van der Waals surface area (Å²) in [6.07, 6.45) is 3.42. The van der Waals surface area contributed by atoms with Crippen LogP contribution in [0.25, 0.3) is 4.85 Å². The van der Waals surface area contributed by atoms with Gasteiger partial charge in [0.1, 0.15) is 11.8 Å². The fourth-order valence-corrected chi connectivity index (χ4v) is 5.97. The summed E-state index contributed by atoms with van der Waals surface area (Å²) in [5.41, 5.74) is 1.52. The molecule has 0 aromatic heterocycles. The predicted molar refractivity (Wildman–Crippen MR) is 147 cm³/mol. The topological polar surface area (TPSA) is 100 Å². The number of imide groups is 1. The minimum atomic E-state index is -0.670. The molecule has 1 unspecified atom stereocenters. The summed E-state index contributed by atoms with van der Waals surface area (Å²) in [5, 5.41) is 2.92. The van der Waals surface area contributed by atoms with Crippen molar-refractivity contribution in [1.82, 2.24) is 15.1 Å². The highest BCUT2D eigenvalue weighted by Gasteiger charge is 2.43. The predicted octanol–water partition coefficient (Wildman–Crippen LogP) is 4.09. The molecule has 3 aliphatic heterocycles. The lowest BCUT2D eigenvalue weighted by Gasteiger charge is -2.34. The van der Waals surface area contributed by atoms with Crippen molar-refractivity contribution in [3.8, 4) is 5.75 Å². The first-order valence-electron chi connectivity index (χ1n) is 13.6. The van der Waals surface area contributed by atoms with Crippen LogP contribution in [-0.4, -0.2) is 59.2 Å². The molecule has 9 nitrogen and oxygen atoms in total. The number of benzene rings is 2. The monoisotopic (exact) mass is 562 g/mol. The maximum absolute atomic E-state index is 13.0. The fourth-order valence-electron chi connectivity index (χ4n) is 5.78. The molecule has 0 radical (unpaired) electrons. The van der Waals surface area contributed by atoms with Crippen LogP contribution in [0.15, 0.2) is 42.5 Å². The number of unbranched alkanes of at least 4 members (excludes halogenated alkanes) is 1. The molecule has 0 spiro atoms. The maximum Gasteiger partial charge on any atom is 0.261 e. The molecule has 3 heterocycles. The molecule has 0 aliphatic carbocycles. The van der Waals surface area contributed by atoms with Crippen LogP contribution in [-0.2, 0) is 26.5 Å². The minimum absolute atomic E-state index is 0.0794. The number of hydrogen-bond donors (Lipinski definition) is 1. The number of nitrogens with zero attached hydrogens (tertiary/aromatic N) is 3. The molecule has 10 heteroatoms. The van der Waals surface area contributed by atoms with E-state index in [0.29, 0.717) is 74.6 Å². The molecule has 2 aromatic rings. The van der Waals surface area contributed by atoms with E-state index in [0.717, 1.165) is 11.1 Å². The average Bonchev–Trinajstić information content (AvgIpc) is 3.29. The molecule has 40 heavy (non-hydrogen) atoms. The van der Waals surface area contributed by atoms with Crippen LogP contribution in [0.3, 0.4) is 0 Å². The van der Waals surface area contributed by atoms with Crippen LogP contribution in [0.5, 0.6) is 5.75 Å². The third kappa shape index (κ3) is 5.54. The maximum atomic E-state index is 13.0. The SMILES string of the molecule is [C-]#[N+]C1(c2cccc(Cl)c2)CCN(C(=O)CCCCOc2cccc3c2CN(C2CCC(=O)NC2=O)C3=O)CC1. The minimum Gasteiger partial charge on any atom is -0.493 e. The summed E-state index contributed by atoms with van der Waals surface area (Å²) < 4.78 is 6.00. The van der Waals surface area contributed by atoms with Gasteiger partial charge in [0.15, 0.2) is 0 Å². The number of piperidine rings is 2. The molecular formula is C30H31ClN4O5. The Morgan fingerprint density at radius 2 is 1.90 bits per heavy atom. The fraction of sp³-hybridized carbons (Fsp3) is 0.433. The Morgan fingerprint density at radius 1 is 1.12 bits per heavy atom. The highest BCUT2D eigenvalue weighted by molar-refractivity contribution is 6.30. The second-order valence-corrected chi connectivity index (χ2v) is 11.0.